The Balaban J connectivity index is 1.54. The summed E-state index contributed by atoms with van der Waals surface area (Å²) in [4.78, 5) is 27.2. The van der Waals surface area contributed by atoms with Crippen LogP contribution in [-0.2, 0) is 16.0 Å². The summed E-state index contributed by atoms with van der Waals surface area (Å²) in [7, 11) is 6.43. The SMILES string of the molecule is C/C=C/C1CN(C(=O)Cc2ccc3cc(-c4cc(OC)c(OC)c(OC)c4)ccc3c2)CC1C(=O)NC. The summed E-state index contributed by atoms with van der Waals surface area (Å²) in [5.74, 6) is 1.60. The van der Waals surface area contributed by atoms with Gasteiger partial charge in [0, 0.05) is 26.1 Å². The molecule has 1 aliphatic rings. The molecule has 0 spiro atoms. The van der Waals surface area contributed by atoms with Crippen molar-refractivity contribution in [3.63, 3.8) is 0 Å². The molecule has 3 aromatic rings. The number of nitrogens with zero attached hydrogens (tertiary/aromatic N) is 1. The van der Waals surface area contributed by atoms with E-state index in [1.807, 2.05) is 54.3 Å². The first-order chi connectivity index (χ1) is 17.9. The van der Waals surface area contributed by atoms with E-state index in [9.17, 15) is 9.59 Å². The summed E-state index contributed by atoms with van der Waals surface area (Å²) in [6.45, 7) is 2.94. The van der Waals surface area contributed by atoms with Crippen LogP contribution < -0.4 is 19.5 Å². The lowest BCUT2D eigenvalue weighted by Gasteiger charge is -2.16. The van der Waals surface area contributed by atoms with Gasteiger partial charge in [-0.2, -0.15) is 0 Å². The van der Waals surface area contributed by atoms with Crippen molar-refractivity contribution in [3.8, 4) is 28.4 Å². The van der Waals surface area contributed by atoms with Gasteiger partial charge < -0.3 is 24.4 Å². The van der Waals surface area contributed by atoms with Crippen LogP contribution in [0.2, 0.25) is 0 Å². The Kier molecular flexibility index (Phi) is 8.01. The number of methoxy groups -OCH3 is 3. The van der Waals surface area contributed by atoms with Crippen molar-refractivity contribution in [1.29, 1.82) is 0 Å². The molecule has 0 aliphatic carbocycles. The van der Waals surface area contributed by atoms with Gasteiger partial charge in [0.1, 0.15) is 0 Å². The fourth-order valence-electron chi connectivity index (χ4n) is 5.06. The number of carbonyl (C=O) groups is 2. The van der Waals surface area contributed by atoms with Gasteiger partial charge in [-0.15, -0.1) is 0 Å². The van der Waals surface area contributed by atoms with E-state index in [0.29, 0.717) is 36.8 Å². The molecule has 1 fully saturated rings. The van der Waals surface area contributed by atoms with E-state index in [2.05, 4.69) is 23.5 Å². The second-order valence-corrected chi connectivity index (χ2v) is 9.20. The molecule has 0 radical (unpaired) electrons. The predicted molar refractivity (Wildman–Crippen MR) is 145 cm³/mol. The lowest BCUT2D eigenvalue weighted by Crippen LogP contribution is -2.34. The van der Waals surface area contributed by atoms with Crippen LogP contribution in [0, 0.1) is 11.8 Å². The average molecular weight is 503 g/mol. The molecule has 0 bridgehead atoms. The molecule has 1 aliphatic heterocycles. The lowest BCUT2D eigenvalue weighted by molar-refractivity contribution is -0.130. The minimum Gasteiger partial charge on any atom is -0.493 e. The zero-order valence-corrected chi connectivity index (χ0v) is 22.0. The molecule has 7 nitrogen and oxygen atoms in total. The van der Waals surface area contributed by atoms with Gasteiger partial charge in [-0.05, 0) is 52.6 Å². The predicted octanol–water partition coefficient (Wildman–Crippen LogP) is 4.47. The quantitative estimate of drug-likeness (QED) is 0.460. The third kappa shape index (κ3) is 5.40. The van der Waals surface area contributed by atoms with Crippen LogP contribution >= 0.6 is 0 Å². The van der Waals surface area contributed by atoms with E-state index in [-0.39, 0.29) is 23.7 Å². The van der Waals surface area contributed by atoms with Crippen LogP contribution in [0.15, 0.2) is 60.7 Å². The van der Waals surface area contributed by atoms with Gasteiger partial charge >= 0.3 is 0 Å². The van der Waals surface area contributed by atoms with Gasteiger partial charge in [0.15, 0.2) is 11.5 Å². The fraction of sp³-hybridized carbons (Fsp3) is 0.333. The second kappa shape index (κ2) is 11.4. The number of ether oxygens (including phenoxy) is 3. The smallest absolute Gasteiger partial charge is 0.227 e. The van der Waals surface area contributed by atoms with Crippen LogP contribution in [0.5, 0.6) is 17.2 Å². The topological polar surface area (TPSA) is 77.1 Å². The first kappa shape index (κ1) is 26.1. The number of likely N-dealkylation sites (tertiary alicyclic amines) is 1. The zero-order chi connectivity index (χ0) is 26.5. The van der Waals surface area contributed by atoms with Gasteiger partial charge in [0.25, 0.3) is 0 Å². The van der Waals surface area contributed by atoms with Gasteiger partial charge in [0.05, 0.1) is 33.7 Å². The molecular formula is C30H34N2O5. The summed E-state index contributed by atoms with van der Waals surface area (Å²) >= 11 is 0. The molecule has 1 saturated heterocycles. The summed E-state index contributed by atoms with van der Waals surface area (Å²) in [6.07, 6.45) is 4.27. The summed E-state index contributed by atoms with van der Waals surface area (Å²) in [5, 5.41) is 4.85. The van der Waals surface area contributed by atoms with E-state index in [1.165, 1.54) is 0 Å². The third-order valence-corrected chi connectivity index (χ3v) is 7.00. The van der Waals surface area contributed by atoms with Crippen LogP contribution in [0.25, 0.3) is 21.9 Å². The first-order valence-corrected chi connectivity index (χ1v) is 12.4. The van der Waals surface area contributed by atoms with E-state index >= 15 is 0 Å². The minimum atomic E-state index is -0.213. The van der Waals surface area contributed by atoms with E-state index in [1.54, 1.807) is 28.4 Å². The van der Waals surface area contributed by atoms with Crippen molar-refractivity contribution < 1.29 is 23.8 Å². The highest BCUT2D eigenvalue weighted by molar-refractivity contribution is 5.90. The fourth-order valence-corrected chi connectivity index (χ4v) is 5.06. The van der Waals surface area contributed by atoms with Crippen molar-refractivity contribution in [1.82, 2.24) is 10.2 Å². The number of hydrogen-bond acceptors (Lipinski definition) is 5. The van der Waals surface area contributed by atoms with Gasteiger partial charge in [0.2, 0.25) is 17.6 Å². The minimum absolute atomic E-state index is 0.0213. The van der Waals surface area contributed by atoms with E-state index in [4.69, 9.17) is 14.2 Å². The van der Waals surface area contributed by atoms with Gasteiger partial charge in [-0.3, -0.25) is 9.59 Å². The molecule has 2 atom stereocenters. The molecule has 2 amide bonds. The van der Waals surface area contributed by atoms with Crippen molar-refractivity contribution in [2.75, 3.05) is 41.5 Å². The molecule has 2 unspecified atom stereocenters. The molecule has 194 valence electrons. The number of fused-ring (bicyclic) bond motifs is 1. The largest absolute Gasteiger partial charge is 0.493 e. The molecule has 37 heavy (non-hydrogen) atoms. The molecule has 1 heterocycles. The molecular weight excluding hydrogens is 468 g/mol. The van der Waals surface area contributed by atoms with E-state index in [0.717, 1.165) is 27.5 Å². The number of hydrogen-bond donors (Lipinski definition) is 1. The molecule has 3 aromatic carbocycles. The summed E-state index contributed by atoms with van der Waals surface area (Å²) in [6, 6.07) is 16.2. The van der Waals surface area contributed by atoms with Crippen molar-refractivity contribution in [2.24, 2.45) is 11.8 Å². The lowest BCUT2D eigenvalue weighted by atomic mass is 9.95. The van der Waals surface area contributed by atoms with Crippen LogP contribution in [0.4, 0.5) is 0 Å². The molecule has 4 rings (SSSR count). The number of nitrogens with one attached hydrogen (secondary N) is 1. The normalized spacial score (nSPS) is 17.3. The maximum Gasteiger partial charge on any atom is 0.227 e. The van der Waals surface area contributed by atoms with Crippen molar-refractivity contribution in [2.45, 2.75) is 13.3 Å². The molecule has 1 N–H and O–H groups in total. The van der Waals surface area contributed by atoms with Crippen LogP contribution in [0.1, 0.15) is 12.5 Å². The maximum atomic E-state index is 13.1. The number of allylic oxidation sites excluding steroid dienone is 1. The Morgan fingerprint density at radius 1 is 0.919 bits per heavy atom. The number of benzene rings is 3. The third-order valence-electron chi connectivity index (χ3n) is 7.00. The number of amides is 2. The molecule has 0 aromatic heterocycles. The standard InChI is InChI=1S/C30H34N2O5/c1-6-7-23-17-32(18-25(23)30(34)31-2)28(33)13-19-8-9-21-14-22(11-10-20(21)12-19)24-15-26(35-3)29(37-5)27(16-24)36-4/h6-12,14-16,23,25H,13,17-18H2,1-5H3,(H,31,34)/b7-6+. The second-order valence-electron chi connectivity index (χ2n) is 9.20. The zero-order valence-electron chi connectivity index (χ0n) is 22.0. The average Bonchev–Trinajstić information content (AvgIpc) is 3.35. The Hall–Kier alpha value is -4.00. The van der Waals surface area contributed by atoms with Crippen molar-refractivity contribution >= 4 is 22.6 Å². The van der Waals surface area contributed by atoms with E-state index < -0.39 is 0 Å². The highest BCUT2D eigenvalue weighted by Gasteiger charge is 2.37. The first-order valence-electron chi connectivity index (χ1n) is 12.4. The van der Waals surface area contributed by atoms with Crippen molar-refractivity contribution in [3.05, 3.63) is 66.2 Å². The Bertz CT molecular complexity index is 1310. The van der Waals surface area contributed by atoms with Crippen LogP contribution in [-0.4, -0.2) is 58.2 Å². The van der Waals surface area contributed by atoms with Crippen LogP contribution in [0.3, 0.4) is 0 Å². The Morgan fingerprint density at radius 3 is 2.22 bits per heavy atom. The highest BCUT2D eigenvalue weighted by atomic mass is 16.5. The summed E-state index contributed by atoms with van der Waals surface area (Å²) < 4.78 is 16.4. The maximum absolute atomic E-state index is 13.1. The highest BCUT2D eigenvalue weighted by Crippen LogP contribution is 2.41. The Labute approximate surface area is 218 Å². The Morgan fingerprint density at radius 2 is 1.59 bits per heavy atom. The molecule has 0 saturated carbocycles. The van der Waals surface area contributed by atoms with Gasteiger partial charge in [-0.1, -0.05) is 42.5 Å². The number of carbonyl (C=O) groups excluding carboxylic acids is 2. The monoisotopic (exact) mass is 502 g/mol. The van der Waals surface area contributed by atoms with Gasteiger partial charge in [-0.25, -0.2) is 0 Å². The molecule has 7 heteroatoms. The summed E-state index contributed by atoms with van der Waals surface area (Å²) in [5.41, 5.74) is 2.91. The number of rotatable bonds is 8.